The highest BCUT2D eigenvalue weighted by Crippen LogP contribution is 2.32. The molecule has 0 radical (unpaired) electrons. The molecule has 27 heavy (non-hydrogen) atoms. The van der Waals surface area contributed by atoms with Gasteiger partial charge in [-0.3, -0.25) is 4.79 Å². The maximum Gasteiger partial charge on any atom is 0.264 e. The van der Waals surface area contributed by atoms with Crippen molar-refractivity contribution >= 4 is 63.7 Å². The van der Waals surface area contributed by atoms with Gasteiger partial charge in [0.25, 0.3) is 5.91 Å². The number of aliphatic imine (C=N–C) groups is 1. The number of thioether (sulfide) groups is 1. The van der Waals surface area contributed by atoms with E-state index in [1.165, 1.54) is 31.0 Å². The molecule has 2 saturated heterocycles. The number of hydrogen-bond donors (Lipinski definition) is 1. The molecule has 2 aromatic rings. The van der Waals surface area contributed by atoms with Crippen molar-refractivity contribution in [2.75, 3.05) is 18.0 Å². The van der Waals surface area contributed by atoms with Crippen LogP contribution in [0.4, 0.5) is 11.6 Å². The van der Waals surface area contributed by atoms with Crippen LogP contribution in [0, 0.1) is 0 Å². The van der Waals surface area contributed by atoms with Crippen LogP contribution < -0.4 is 10.2 Å². The summed E-state index contributed by atoms with van der Waals surface area (Å²) < 4.78 is 5.90. The molecule has 5 nitrogen and oxygen atoms in total. The summed E-state index contributed by atoms with van der Waals surface area (Å²) in [6, 6.07) is 8.92. The molecule has 4 rings (SSSR count). The number of benzene rings is 1. The Morgan fingerprint density at radius 3 is 2.70 bits per heavy atom. The van der Waals surface area contributed by atoms with Crippen LogP contribution in [-0.4, -0.2) is 24.2 Å². The number of nitrogens with one attached hydrogen (secondary N) is 1. The Morgan fingerprint density at radius 1 is 1.11 bits per heavy atom. The Kier molecular flexibility index (Phi) is 5.48. The minimum absolute atomic E-state index is 0.199. The van der Waals surface area contributed by atoms with Gasteiger partial charge in [0.2, 0.25) is 0 Å². The van der Waals surface area contributed by atoms with Crippen molar-refractivity contribution in [3.05, 3.63) is 51.0 Å². The molecular weight excluding hydrogens is 405 g/mol. The zero-order chi connectivity index (χ0) is 18.8. The number of nitrogens with zero attached hydrogens (tertiary/aromatic N) is 2. The Labute approximate surface area is 171 Å². The highest BCUT2D eigenvalue weighted by molar-refractivity contribution is 8.18. The van der Waals surface area contributed by atoms with Crippen LogP contribution in [0.25, 0.3) is 6.08 Å². The van der Waals surface area contributed by atoms with Crippen LogP contribution >= 0.6 is 35.0 Å². The van der Waals surface area contributed by atoms with Crippen molar-refractivity contribution in [3.8, 4) is 0 Å². The molecule has 1 amide bonds. The number of amides is 1. The molecular formula is C19H17Cl2N3O2S. The standard InChI is InChI=1S/C19H17Cl2N3O2S/c20-14-6-4-12(10-15(14)21)22-19-23-18(25)16(27-19)11-13-5-7-17(26-13)24-8-2-1-3-9-24/h4-7,10-11H,1-3,8-9H2,(H,22,23,25)/b16-11-. The van der Waals surface area contributed by atoms with Crippen molar-refractivity contribution in [2.24, 2.45) is 4.99 Å². The first-order valence-electron chi connectivity index (χ1n) is 8.68. The Hall–Kier alpha value is -1.89. The Morgan fingerprint density at radius 2 is 1.93 bits per heavy atom. The van der Waals surface area contributed by atoms with Gasteiger partial charge >= 0.3 is 0 Å². The van der Waals surface area contributed by atoms with Crippen LogP contribution in [0.1, 0.15) is 25.0 Å². The first-order chi connectivity index (χ1) is 13.1. The van der Waals surface area contributed by atoms with Crippen LogP contribution in [0.3, 0.4) is 0 Å². The second kappa shape index (κ2) is 8.00. The average Bonchev–Trinajstić information content (AvgIpc) is 3.26. The van der Waals surface area contributed by atoms with Crippen molar-refractivity contribution in [1.82, 2.24) is 5.32 Å². The summed E-state index contributed by atoms with van der Waals surface area (Å²) in [7, 11) is 0. The summed E-state index contributed by atoms with van der Waals surface area (Å²) >= 11 is 13.2. The lowest BCUT2D eigenvalue weighted by molar-refractivity contribution is -0.115. The fraction of sp³-hybridized carbons (Fsp3) is 0.263. The van der Waals surface area contributed by atoms with Gasteiger partial charge in [0, 0.05) is 25.2 Å². The highest BCUT2D eigenvalue weighted by atomic mass is 35.5. The Balaban J connectivity index is 1.49. The molecule has 0 spiro atoms. The number of piperidine rings is 1. The van der Waals surface area contributed by atoms with Crippen molar-refractivity contribution in [3.63, 3.8) is 0 Å². The first-order valence-corrected chi connectivity index (χ1v) is 10.3. The normalized spacial score (nSPS) is 20.5. The molecule has 2 aliphatic rings. The van der Waals surface area contributed by atoms with Crippen LogP contribution in [0.15, 0.2) is 44.6 Å². The van der Waals surface area contributed by atoms with Gasteiger partial charge in [-0.2, -0.15) is 0 Å². The average molecular weight is 422 g/mol. The lowest BCUT2D eigenvalue weighted by atomic mass is 10.1. The SMILES string of the molecule is O=C1NC(=Nc2ccc(Cl)c(Cl)c2)S/C1=C\c1ccc(N2CCCCC2)o1. The first kappa shape index (κ1) is 18.5. The maximum atomic E-state index is 12.2. The van der Waals surface area contributed by atoms with Crippen molar-refractivity contribution < 1.29 is 9.21 Å². The number of carbonyl (C=O) groups is 1. The minimum atomic E-state index is -0.199. The predicted octanol–water partition coefficient (Wildman–Crippen LogP) is 5.47. The monoisotopic (exact) mass is 421 g/mol. The maximum absolute atomic E-state index is 12.2. The van der Waals surface area contributed by atoms with Gasteiger partial charge in [-0.15, -0.1) is 0 Å². The molecule has 1 aromatic heterocycles. The summed E-state index contributed by atoms with van der Waals surface area (Å²) in [5.74, 6) is 1.31. The number of amidine groups is 1. The van der Waals surface area contributed by atoms with Gasteiger partial charge in [-0.05, 0) is 55.3 Å². The van der Waals surface area contributed by atoms with Crippen molar-refractivity contribution in [2.45, 2.75) is 19.3 Å². The summed E-state index contributed by atoms with van der Waals surface area (Å²) in [6.07, 6.45) is 5.38. The van der Waals surface area contributed by atoms with E-state index >= 15 is 0 Å². The van der Waals surface area contributed by atoms with Gasteiger partial charge in [0.15, 0.2) is 11.1 Å². The second-order valence-corrected chi connectivity index (χ2v) is 8.15. The zero-order valence-corrected chi connectivity index (χ0v) is 16.7. The van der Waals surface area contributed by atoms with E-state index in [2.05, 4.69) is 15.2 Å². The zero-order valence-electron chi connectivity index (χ0n) is 14.4. The van der Waals surface area contributed by atoms with Crippen LogP contribution in [0.2, 0.25) is 10.0 Å². The van der Waals surface area contributed by atoms with Crippen LogP contribution in [-0.2, 0) is 4.79 Å². The molecule has 2 fully saturated rings. The van der Waals surface area contributed by atoms with E-state index in [9.17, 15) is 4.79 Å². The number of halogens is 2. The molecule has 0 aliphatic carbocycles. The largest absolute Gasteiger partial charge is 0.441 e. The van der Waals surface area contributed by atoms with Gasteiger partial charge < -0.3 is 14.6 Å². The predicted molar refractivity (Wildman–Crippen MR) is 112 cm³/mol. The molecule has 140 valence electrons. The number of rotatable bonds is 3. The number of carbonyl (C=O) groups excluding carboxylic acids is 1. The van der Waals surface area contributed by atoms with Crippen molar-refractivity contribution in [1.29, 1.82) is 0 Å². The fourth-order valence-electron chi connectivity index (χ4n) is 2.99. The second-order valence-electron chi connectivity index (χ2n) is 6.30. The number of anilines is 1. The molecule has 0 unspecified atom stereocenters. The number of furan rings is 1. The quantitative estimate of drug-likeness (QED) is 0.667. The van der Waals surface area contributed by atoms with E-state index in [1.54, 1.807) is 24.3 Å². The number of hydrogen-bond acceptors (Lipinski definition) is 5. The molecule has 0 saturated carbocycles. The van der Waals surface area contributed by atoms with E-state index in [-0.39, 0.29) is 5.91 Å². The molecule has 2 aliphatic heterocycles. The van der Waals surface area contributed by atoms with Gasteiger partial charge in [-0.25, -0.2) is 4.99 Å². The molecule has 0 bridgehead atoms. The van der Waals surface area contributed by atoms with E-state index in [4.69, 9.17) is 27.6 Å². The van der Waals surface area contributed by atoms with Crippen LogP contribution in [0.5, 0.6) is 0 Å². The van der Waals surface area contributed by atoms with E-state index in [0.29, 0.717) is 31.6 Å². The van der Waals surface area contributed by atoms with Gasteiger partial charge in [0.05, 0.1) is 20.6 Å². The lowest BCUT2D eigenvalue weighted by Crippen LogP contribution is -2.28. The summed E-state index contributed by atoms with van der Waals surface area (Å²) in [6.45, 7) is 2.03. The van der Waals surface area contributed by atoms with E-state index in [1.807, 2.05) is 12.1 Å². The molecule has 1 aromatic carbocycles. The third-order valence-electron chi connectivity index (χ3n) is 4.34. The summed E-state index contributed by atoms with van der Waals surface area (Å²) in [4.78, 5) is 19.4. The molecule has 8 heteroatoms. The lowest BCUT2D eigenvalue weighted by Gasteiger charge is -2.25. The van der Waals surface area contributed by atoms with Gasteiger partial charge in [-0.1, -0.05) is 23.2 Å². The molecule has 3 heterocycles. The highest BCUT2D eigenvalue weighted by Gasteiger charge is 2.24. The topological polar surface area (TPSA) is 57.8 Å². The van der Waals surface area contributed by atoms with E-state index in [0.717, 1.165) is 19.0 Å². The fourth-order valence-corrected chi connectivity index (χ4v) is 4.10. The van der Waals surface area contributed by atoms with E-state index < -0.39 is 0 Å². The third kappa shape index (κ3) is 4.34. The molecule has 0 atom stereocenters. The van der Waals surface area contributed by atoms with Gasteiger partial charge in [0.1, 0.15) is 5.76 Å². The Bertz CT molecular complexity index is 933. The minimum Gasteiger partial charge on any atom is -0.441 e. The molecule has 1 N–H and O–H groups in total. The summed E-state index contributed by atoms with van der Waals surface area (Å²) in [5.41, 5.74) is 0.624. The smallest absolute Gasteiger partial charge is 0.264 e. The summed E-state index contributed by atoms with van der Waals surface area (Å²) in [5, 5.41) is 4.13. The third-order valence-corrected chi connectivity index (χ3v) is 5.99.